The van der Waals surface area contributed by atoms with Crippen LogP contribution >= 0.6 is 0 Å². The lowest BCUT2D eigenvalue weighted by molar-refractivity contribution is 0.0432. The van der Waals surface area contributed by atoms with Gasteiger partial charge in [0.2, 0.25) is 5.76 Å². The summed E-state index contributed by atoms with van der Waals surface area (Å²) in [7, 11) is 1.59. The van der Waals surface area contributed by atoms with E-state index < -0.39 is 5.97 Å². The van der Waals surface area contributed by atoms with Gasteiger partial charge in [0.1, 0.15) is 12.2 Å². The summed E-state index contributed by atoms with van der Waals surface area (Å²) >= 11 is 0. The van der Waals surface area contributed by atoms with Gasteiger partial charge in [-0.05, 0) is 22.6 Å². The van der Waals surface area contributed by atoms with Crippen molar-refractivity contribution in [1.29, 1.82) is 0 Å². The average Bonchev–Trinajstić information content (AvgIpc) is 2.98. The third kappa shape index (κ3) is 3.81. The summed E-state index contributed by atoms with van der Waals surface area (Å²) in [6.45, 7) is 7.00. The normalized spacial score (nSPS) is 11.7. The number of furan rings is 1. The summed E-state index contributed by atoms with van der Waals surface area (Å²) in [6.07, 6.45) is 0. The summed E-state index contributed by atoms with van der Waals surface area (Å²) in [6, 6.07) is 15.6. The molecular weight excluding hydrogens is 328 g/mol. The lowest BCUT2D eigenvalue weighted by Crippen LogP contribution is -2.11. The van der Waals surface area contributed by atoms with Crippen molar-refractivity contribution in [2.24, 2.45) is 0 Å². The second-order valence-electron chi connectivity index (χ2n) is 7.36. The minimum Gasteiger partial charge on any atom is -0.455 e. The van der Waals surface area contributed by atoms with Crippen LogP contribution in [0.4, 0.5) is 0 Å². The Morgan fingerprint density at radius 2 is 1.69 bits per heavy atom. The highest BCUT2D eigenvalue weighted by Gasteiger charge is 2.22. The number of carbonyl (C=O) groups excluding carboxylic acids is 1. The van der Waals surface area contributed by atoms with Crippen LogP contribution in [-0.4, -0.2) is 13.1 Å². The molecule has 3 rings (SSSR count). The molecule has 0 radical (unpaired) electrons. The first-order chi connectivity index (χ1) is 12.4. The number of methoxy groups -OCH3 is 1. The SMILES string of the molecule is COCc1c(C(=O)OCc2ccc(C(C)(C)C)cc2)oc2ccccc12. The monoisotopic (exact) mass is 352 g/mol. The van der Waals surface area contributed by atoms with Gasteiger partial charge in [-0.3, -0.25) is 0 Å². The van der Waals surface area contributed by atoms with Crippen LogP contribution in [0, 0.1) is 0 Å². The van der Waals surface area contributed by atoms with Gasteiger partial charge >= 0.3 is 5.97 Å². The Bertz CT molecular complexity index is 898. The van der Waals surface area contributed by atoms with Crippen molar-refractivity contribution in [3.05, 3.63) is 71.0 Å². The number of hydrogen-bond acceptors (Lipinski definition) is 4. The molecule has 26 heavy (non-hydrogen) atoms. The predicted octanol–water partition coefficient (Wildman–Crippen LogP) is 5.23. The zero-order chi connectivity index (χ0) is 18.7. The molecule has 0 N–H and O–H groups in total. The summed E-state index contributed by atoms with van der Waals surface area (Å²) < 4.78 is 16.4. The van der Waals surface area contributed by atoms with Crippen LogP contribution in [0.5, 0.6) is 0 Å². The van der Waals surface area contributed by atoms with E-state index in [9.17, 15) is 4.79 Å². The van der Waals surface area contributed by atoms with E-state index in [4.69, 9.17) is 13.9 Å². The Hall–Kier alpha value is -2.59. The molecule has 0 saturated heterocycles. The van der Waals surface area contributed by atoms with E-state index >= 15 is 0 Å². The van der Waals surface area contributed by atoms with Crippen molar-refractivity contribution >= 4 is 16.9 Å². The molecule has 0 aliphatic rings. The van der Waals surface area contributed by atoms with Crippen LogP contribution in [0.1, 0.15) is 48.0 Å². The fourth-order valence-electron chi connectivity index (χ4n) is 2.87. The molecule has 2 aromatic carbocycles. The maximum Gasteiger partial charge on any atom is 0.374 e. The first-order valence-electron chi connectivity index (χ1n) is 8.66. The van der Waals surface area contributed by atoms with Gasteiger partial charge < -0.3 is 13.9 Å². The largest absolute Gasteiger partial charge is 0.455 e. The molecule has 4 heteroatoms. The third-order valence-corrected chi connectivity index (χ3v) is 4.36. The number of rotatable bonds is 5. The second kappa shape index (κ2) is 7.34. The molecule has 0 bridgehead atoms. The highest BCUT2D eigenvalue weighted by molar-refractivity contribution is 5.96. The molecule has 1 aromatic heterocycles. The fourth-order valence-corrected chi connectivity index (χ4v) is 2.87. The minimum absolute atomic E-state index is 0.0958. The molecule has 0 unspecified atom stereocenters. The highest BCUT2D eigenvalue weighted by atomic mass is 16.5. The molecule has 4 nitrogen and oxygen atoms in total. The Morgan fingerprint density at radius 3 is 2.35 bits per heavy atom. The molecular formula is C22H24O4. The molecule has 0 aliphatic heterocycles. The first-order valence-corrected chi connectivity index (χ1v) is 8.66. The maximum atomic E-state index is 12.5. The average molecular weight is 352 g/mol. The van der Waals surface area contributed by atoms with Crippen molar-refractivity contribution in [2.75, 3.05) is 7.11 Å². The summed E-state index contributed by atoms with van der Waals surface area (Å²) in [4.78, 5) is 12.5. The summed E-state index contributed by atoms with van der Waals surface area (Å²) in [5, 5.41) is 0.871. The molecule has 1 heterocycles. The van der Waals surface area contributed by atoms with Crippen LogP contribution in [0.15, 0.2) is 52.9 Å². The number of benzene rings is 2. The lowest BCUT2D eigenvalue weighted by Gasteiger charge is -2.19. The summed E-state index contributed by atoms with van der Waals surface area (Å²) in [5.41, 5.74) is 3.65. The van der Waals surface area contributed by atoms with E-state index in [1.807, 2.05) is 36.4 Å². The predicted molar refractivity (Wildman–Crippen MR) is 101 cm³/mol. The van der Waals surface area contributed by atoms with Gasteiger partial charge in [0.15, 0.2) is 0 Å². The van der Waals surface area contributed by atoms with Crippen LogP contribution in [0.25, 0.3) is 11.0 Å². The van der Waals surface area contributed by atoms with E-state index in [2.05, 4.69) is 32.9 Å². The number of carbonyl (C=O) groups is 1. The highest BCUT2D eigenvalue weighted by Crippen LogP contribution is 2.27. The third-order valence-electron chi connectivity index (χ3n) is 4.36. The summed E-state index contributed by atoms with van der Waals surface area (Å²) in [5.74, 6) is -0.271. The van der Waals surface area contributed by atoms with Crippen LogP contribution in [-0.2, 0) is 28.1 Å². The van der Waals surface area contributed by atoms with Crippen molar-refractivity contribution in [3.8, 4) is 0 Å². The van der Waals surface area contributed by atoms with Crippen LogP contribution < -0.4 is 0 Å². The van der Waals surface area contributed by atoms with Gasteiger partial charge in [-0.15, -0.1) is 0 Å². The van der Waals surface area contributed by atoms with Crippen LogP contribution in [0.2, 0.25) is 0 Å². The van der Waals surface area contributed by atoms with Crippen molar-refractivity contribution in [2.45, 2.75) is 39.4 Å². The van der Waals surface area contributed by atoms with Crippen molar-refractivity contribution in [3.63, 3.8) is 0 Å². The molecule has 0 spiro atoms. The molecule has 0 fully saturated rings. The quantitative estimate of drug-likeness (QED) is 0.590. The van der Waals surface area contributed by atoms with E-state index in [0.29, 0.717) is 12.2 Å². The Labute approximate surface area is 153 Å². The van der Waals surface area contributed by atoms with Gasteiger partial charge in [-0.25, -0.2) is 4.79 Å². The number of fused-ring (bicyclic) bond motifs is 1. The number of para-hydroxylation sites is 1. The van der Waals surface area contributed by atoms with Gasteiger partial charge in [0.05, 0.1) is 6.61 Å². The van der Waals surface area contributed by atoms with E-state index in [1.54, 1.807) is 7.11 Å². The number of esters is 1. The van der Waals surface area contributed by atoms with Crippen molar-refractivity contribution < 1.29 is 18.7 Å². The van der Waals surface area contributed by atoms with E-state index in [-0.39, 0.29) is 17.8 Å². The van der Waals surface area contributed by atoms with Crippen LogP contribution in [0.3, 0.4) is 0 Å². The zero-order valence-electron chi connectivity index (χ0n) is 15.7. The minimum atomic E-state index is -0.479. The molecule has 0 saturated carbocycles. The molecule has 3 aromatic rings. The Morgan fingerprint density at radius 1 is 1.00 bits per heavy atom. The molecule has 0 amide bonds. The van der Waals surface area contributed by atoms with Gasteiger partial charge in [0, 0.05) is 18.1 Å². The maximum absolute atomic E-state index is 12.5. The van der Waals surface area contributed by atoms with Gasteiger partial charge in [0.25, 0.3) is 0 Å². The number of hydrogen-bond donors (Lipinski definition) is 0. The zero-order valence-corrected chi connectivity index (χ0v) is 15.7. The van der Waals surface area contributed by atoms with Gasteiger partial charge in [-0.1, -0.05) is 63.2 Å². The standard InChI is InChI=1S/C22H24O4/c1-22(2,3)16-11-9-15(10-12-16)13-25-21(23)20-18(14-24-4)17-7-5-6-8-19(17)26-20/h5-12H,13-14H2,1-4H3. The topological polar surface area (TPSA) is 48.7 Å². The molecule has 136 valence electrons. The number of ether oxygens (including phenoxy) is 2. The Balaban J connectivity index is 1.76. The van der Waals surface area contributed by atoms with Gasteiger partial charge in [-0.2, -0.15) is 0 Å². The van der Waals surface area contributed by atoms with E-state index in [0.717, 1.165) is 16.5 Å². The second-order valence-corrected chi connectivity index (χ2v) is 7.36. The van der Waals surface area contributed by atoms with E-state index in [1.165, 1.54) is 5.56 Å². The molecule has 0 aliphatic carbocycles. The van der Waals surface area contributed by atoms with Crippen molar-refractivity contribution in [1.82, 2.24) is 0 Å². The lowest BCUT2D eigenvalue weighted by atomic mass is 9.87. The first kappa shape index (κ1) is 18.2. The Kier molecular flexibility index (Phi) is 5.14. The smallest absolute Gasteiger partial charge is 0.374 e. The fraction of sp³-hybridized carbons (Fsp3) is 0.318. The molecule has 0 atom stereocenters.